The van der Waals surface area contributed by atoms with E-state index in [2.05, 4.69) is 37.9 Å². The highest BCUT2D eigenvalue weighted by Gasteiger charge is 2.30. The Morgan fingerprint density at radius 2 is 2.15 bits per heavy atom. The van der Waals surface area contributed by atoms with Crippen molar-refractivity contribution in [3.63, 3.8) is 0 Å². The standard InChI is InChI=1S/C16H29N3S/c1-5-6-9-19(14-7-8-14)16-18-13(4)15(20-16)11-17-10-12(2)3/h12,14,17H,5-11H2,1-4H3. The molecule has 1 aromatic heterocycles. The summed E-state index contributed by atoms with van der Waals surface area (Å²) in [5.41, 5.74) is 1.21. The molecule has 20 heavy (non-hydrogen) atoms. The summed E-state index contributed by atoms with van der Waals surface area (Å²) < 4.78 is 0. The Kier molecular flexibility index (Phi) is 5.85. The number of rotatable bonds is 9. The van der Waals surface area contributed by atoms with Crippen LogP contribution in [-0.4, -0.2) is 24.1 Å². The van der Waals surface area contributed by atoms with Gasteiger partial charge in [-0.15, -0.1) is 11.3 Å². The molecule has 3 nitrogen and oxygen atoms in total. The van der Waals surface area contributed by atoms with E-state index in [1.54, 1.807) is 0 Å². The van der Waals surface area contributed by atoms with Crippen LogP contribution in [0.4, 0.5) is 5.13 Å². The first-order valence-corrected chi connectivity index (χ1v) is 8.87. The topological polar surface area (TPSA) is 28.2 Å². The fourth-order valence-electron chi connectivity index (χ4n) is 2.32. The van der Waals surface area contributed by atoms with E-state index in [1.807, 2.05) is 11.3 Å². The Bertz CT molecular complexity index is 410. The third kappa shape index (κ3) is 4.45. The molecule has 1 aliphatic carbocycles. The lowest BCUT2D eigenvalue weighted by Gasteiger charge is -2.20. The lowest BCUT2D eigenvalue weighted by molar-refractivity contribution is 0.554. The van der Waals surface area contributed by atoms with Gasteiger partial charge >= 0.3 is 0 Å². The van der Waals surface area contributed by atoms with Crippen LogP contribution in [0, 0.1) is 12.8 Å². The molecule has 2 rings (SSSR count). The fourth-order valence-corrected chi connectivity index (χ4v) is 3.45. The molecule has 0 atom stereocenters. The van der Waals surface area contributed by atoms with Gasteiger partial charge in [0.15, 0.2) is 5.13 Å². The van der Waals surface area contributed by atoms with Crippen LogP contribution in [0.15, 0.2) is 0 Å². The van der Waals surface area contributed by atoms with Crippen molar-refractivity contribution < 1.29 is 0 Å². The highest BCUT2D eigenvalue weighted by atomic mass is 32.1. The molecule has 0 bridgehead atoms. The smallest absolute Gasteiger partial charge is 0.186 e. The number of hydrogen-bond donors (Lipinski definition) is 1. The largest absolute Gasteiger partial charge is 0.345 e. The highest BCUT2D eigenvalue weighted by Crippen LogP contribution is 2.35. The second-order valence-electron chi connectivity index (χ2n) is 6.31. The molecule has 0 unspecified atom stereocenters. The van der Waals surface area contributed by atoms with Crippen LogP contribution in [0.1, 0.15) is 57.0 Å². The van der Waals surface area contributed by atoms with E-state index in [1.165, 1.54) is 47.9 Å². The summed E-state index contributed by atoms with van der Waals surface area (Å²) in [6.07, 6.45) is 5.24. The summed E-state index contributed by atoms with van der Waals surface area (Å²) >= 11 is 1.89. The number of unbranched alkanes of at least 4 members (excludes halogenated alkanes) is 1. The van der Waals surface area contributed by atoms with Gasteiger partial charge in [0.2, 0.25) is 0 Å². The van der Waals surface area contributed by atoms with Crippen molar-refractivity contribution in [2.75, 3.05) is 18.0 Å². The number of aryl methyl sites for hydroxylation is 1. The van der Waals surface area contributed by atoms with Crippen LogP contribution in [0.25, 0.3) is 0 Å². The first-order chi connectivity index (χ1) is 9.61. The predicted octanol–water partition coefficient (Wildman–Crippen LogP) is 3.97. The molecule has 4 heteroatoms. The maximum Gasteiger partial charge on any atom is 0.186 e. The molecule has 1 fully saturated rings. The van der Waals surface area contributed by atoms with Crippen molar-refractivity contribution in [3.05, 3.63) is 10.6 Å². The predicted molar refractivity (Wildman–Crippen MR) is 88.7 cm³/mol. The molecule has 0 amide bonds. The monoisotopic (exact) mass is 295 g/mol. The van der Waals surface area contributed by atoms with Crippen LogP contribution in [0.3, 0.4) is 0 Å². The van der Waals surface area contributed by atoms with Gasteiger partial charge in [0.25, 0.3) is 0 Å². The van der Waals surface area contributed by atoms with Crippen molar-refractivity contribution >= 4 is 16.5 Å². The number of nitrogens with zero attached hydrogens (tertiary/aromatic N) is 2. The number of hydrogen-bond acceptors (Lipinski definition) is 4. The molecule has 0 aromatic carbocycles. The minimum Gasteiger partial charge on any atom is -0.345 e. The highest BCUT2D eigenvalue weighted by molar-refractivity contribution is 7.15. The van der Waals surface area contributed by atoms with Crippen LogP contribution in [0.2, 0.25) is 0 Å². The second-order valence-corrected chi connectivity index (χ2v) is 7.37. The first-order valence-electron chi connectivity index (χ1n) is 8.05. The Balaban J connectivity index is 1.96. The molecular weight excluding hydrogens is 266 g/mol. The van der Waals surface area contributed by atoms with E-state index in [0.29, 0.717) is 5.92 Å². The van der Waals surface area contributed by atoms with Gasteiger partial charge in [-0.1, -0.05) is 27.2 Å². The zero-order valence-corrected chi connectivity index (χ0v) is 14.2. The van der Waals surface area contributed by atoms with E-state index < -0.39 is 0 Å². The summed E-state index contributed by atoms with van der Waals surface area (Å²) in [6.45, 7) is 12.1. The minimum atomic E-state index is 0.704. The van der Waals surface area contributed by atoms with Gasteiger partial charge in [0.1, 0.15) is 0 Å². The molecule has 1 N–H and O–H groups in total. The van der Waals surface area contributed by atoms with E-state index >= 15 is 0 Å². The summed E-state index contributed by atoms with van der Waals surface area (Å²) in [6, 6.07) is 0.767. The van der Waals surface area contributed by atoms with Crippen molar-refractivity contribution in [2.45, 2.75) is 66.0 Å². The SMILES string of the molecule is CCCCN(c1nc(C)c(CNCC(C)C)s1)C1CC1. The van der Waals surface area contributed by atoms with Gasteiger partial charge in [-0.3, -0.25) is 0 Å². The third-order valence-corrected chi connectivity index (χ3v) is 4.90. The third-order valence-electron chi connectivity index (χ3n) is 3.71. The van der Waals surface area contributed by atoms with Crippen molar-refractivity contribution in [1.29, 1.82) is 0 Å². The first kappa shape index (κ1) is 15.8. The summed E-state index contributed by atoms with van der Waals surface area (Å²) in [5, 5.41) is 4.78. The van der Waals surface area contributed by atoms with Crippen molar-refractivity contribution in [3.8, 4) is 0 Å². The number of anilines is 1. The fraction of sp³-hybridized carbons (Fsp3) is 0.812. The lowest BCUT2D eigenvalue weighted by Crippen LogP contribution is -2.26. The summed E-state index contributed by atoms with van der Waals surface area (Å²) in [7, 11) is 0. The Hall–Kier alpha value is -0.610. The Morgan fingerprint density at radius 3 is 2.75 bits per heavy atom. The minimum absolute atomic E-state index is 0.704. The van der Waals surface area contributed by atoms with E-state index in [9.17, 15) is 0 Å². The molecule has 1 aromatic rings. The van der Waals surface area contributed by atoms with E-state index in [4.69, 9.17) is 4.98 Å². The number of nitrogens with one attached hydrogen (secondary N) is 1. The zero-order chi connectivity index (χ0) is 14.5. The number of aromatic nitrogens is 1. The van der Waals surface area contributed by atoms with Gasteiger partial charge in [0, 0.05) is 24.0 Å². The molecule has 0 saturated heterocycles. The molecule has 1 aliphatic rings. The van der Waals surface area contributed by atoms with Gasteiger partial charge < -0.3 is 10.2 Å². The summed E-state index contributed by atoms with van der Waals surface area (Å²) in [5.74, 6) is 0.704. The number of thiazole rings is 1. The van der Waals surface area contributed by atoms with Gasteiger partial charge in [-0.2, -0.15) is 0 Å². The summed E-state index contributed by atoms with van der Waals surface area (Å²) in [4.78, 5) is 8.78. The van der Waals surface area contributed by atoms with E-state index in [-0.39, 0.29) is 0 Å². The van der Waals surface area contributed by atoms with Crippen LogP contribution >= 0.6 is 11.3 Å². The normalized spacial score (nSPS) is 15.1. The second kappa shape index (κ2) is 7.41. The van der Waals surface area contributed by atoms with Crippen LogP contribution < -0.4 is 10.2 Å². The van der Waals surface area contributed by atoms with Crippen molar-refractivity contribution in [1.82, 2.24) is 10.3 Å². The van der Waals surface area contributed by atoms with Crippen LogP contribution in [0.5, 0.6) is 0 Å². The molecule has 1 saturated carbocycles. The molecular formula is C16H29N3S. The molecule has 0 spiro atoms. The van der Waals surface area contributed by atoms with Gasteiger partial charge in [-0.25, -0.2) is 4.98 Å². The van der Waals surface area contributed by atoms with Gasteiger partial charge in [-0.05, 0) is 38.6 Å². The maximum atomic E-state index is 4.83. The molecule has 1 heterocycles. The van der Waals surface area contributed by atoms with Gasteiger partial charge in [0.05, 0.1) is 5.69 Å². The molecule has 114 valence electrons. The van der Waals surface area contributed by atoms with E-state index in [0.717, 1.165) is 19.1 Å². The maximum absolute atomic E-state index is 4.83. The Labute approximate surface area is 127 Å². The molecule has 0 radical (unpaired) electrons. The zero-order valence-electron chi connectivity index (χ0n) is 13.4. The quantitative estimate of drug-likeness (QED) is 0.747. The Morgan fingerprint density at radius 1 is 1.40 bits per heavy atom. The molecule has 0 aliphatic heterocycles. The lowest BCUT2D eigenvalue weighted by atomic mass is 10.2. The average molecular weight is 295 g/mol. The van der Waals surface area contributed by atoms with Crippen molar-refractivity contribution in [2.24, 2.45) is 5.92 Å². The van der Waals surface area contributed by atoms with Crippen LogP contribution in [-0.2, 0) is 6.54 Å². The average Bonchev–Trinajstić information content (AvgIpc) is 3.15.